The summed E-state index contributed by atoms with van der Waals surface area (Å²) in [5, 5.41) is 2.62. The van der Waals surface area contributed by atoms with Gasteiger partial charge in [0, 0.05) is 13.2 Å². The van der Waals surface area contributed by atoms with Crippen molar-refractivity contribution >= 4 is 6.09 Å². The van der Waals surface area contributed by atoms with Crippen molar-refractivity contribution in [3.05, 3.63) is 0 Å². The molecule has 1 N–H and O–H groups in total. The number of rotatable bonds is 17. The van der Waals surface area contributed by atoms with Gasteiger partial charge >= 0.3 is 6.09 Å². The average molecular weight is 379 g/mol. The lowest BCUT2D eigenvalue weighted by molar-refractivity contribution is -0.0109. The van der Waals surface area contributed by atoms with Crippen LogP contribution in [0.25, 0.3) is 0 Å². The summed E-state index contributed by atoms with van der Waals surface area (Å²) < 4.78 is 31.9. The highest BCUT2D eigenvalue weighted by molar-refractivity contribution is 5.67. The SMILES string of the molecule is CCCOCCOCCOCCOCCOCCNC(=O)OC(C)(C)C. The van der Waals surface area contributed by atoms with E-state index in [2.05, 4.69) is 12.2 Å². The van der Waals surface area contributed by atoms with Gasteiger partial charge in [0.2, 0.25) is 0 Å². The Morgan fingerprint density at radius 1 is 0.692 bits per heavy atom. The first-order valence-electron chi connectivity index (χ1n) is 9.31. The topological polar surface area (TPSA) is 84.5 Å². The van der Waals surface area contributed by atoms with E-state index in [0.29, 0.717) is 66.0 Å². The number of carbonyl (C=O) groups excluding carboxylic acids is 1. The maximum Gasteiger partial charge on any atom is 0.407 e. The van der Waals surface area contributed by atoms with Crippen LogP contribution in [0.4, 0.5) is 4.79 Å². The Hall–Kier alpha value is -0.930. The molecule has 1 amide bonds. The van der Waals surface area contributed by atoms with E-state index in [1.54, 1.807) is 0 Å². The van der Waals surface area contributed by atoms with Crippen LogP contribution < -0.4 is 5.32 Å². The van der Waals surface area contributed by atoms with Gasteiger partial charge in [-0.2, -0.15) is 0 Å². The van der Waals surface area contributed by atoms with Gasteiger partial charge in [-0.05, 0) is 27.2 Å². The molecule has 0 heterocycles. The minimum absolute atomic E-state index is 0.404. The normalized spacial score (nSPS) is 11.5. The van der Waals surface area contributed by atoms with Crippen LogP contribution in [-0.4, -0.2) is 84.3 Å². The molecule has 0 spiro atoms. The van der Waals surface area contributed by atoms with Crippen LogP contribution in [0.15, 0.2) is 0 Å². The van der Waals surface area contributed by atoms with Crippen LogP contribution in [0.3, 0.4) is 0 Å². The second-order valence-electron chi connectivity index (χ2n) is 6.49. The molecule has 26 heavy (non-hydrogen) atoms. The van der Waals surface area contributed by atoms with Gasteiger partial charge in [-0.15, -0.1) is 0 Å². The fourth-order valence-corrected chi connectivity index (χ4v) is 1.67. The van der Waals surface area contributed by atoms with Gasteiger partial charge in [-0.25, -0.2) is 4.79 Å². The van der Waals surface area contributed by atoms with Crippen molar-refractivity contribution < 1.29 is 33.2 Å². The molecule has 0 aliphatic rings. The van der Waals surface area contributed by atoms with Crippen molar-refractivity contribution in [3.63, 3.8) is 0 Å². The molecular weight excluding hydrogens is 342 g/mol. The molecule has 0 fully saturated rings. The van der Waals surface area contributed by atoms with Gasteiger partial charge in [0.15, 0.2) is 0 Å². The van der Waals surface area contributed by atoms with Crippen molar-refractivity contribution in [2.24, 2.45) is 0 Å². The Bertz CT molecular complexity index is 321. The highest BCUT2D eigenvalue weighted by Gasteiger charge is 2.15. The maximum absolute atomic E-state index is 11.4. The van der Waals surface area contributed by atoms with E-state index in [4.69, 9.17) is 28.4 Å². The number of alkyl carbamates (subject to hydrolysis) is 1. The second-order valence-corrected chi connectivity index (χ2v) is 6.49. The monoisotopic (exact) mass is 379 g/mol. The molecule has 0 aliphatic heterocycles. The number of hydrogen-bond donors (Lipinski definition) is 1. The summed E-state index contributed by atoms with van der Waals surface area (Å²) in [7, 11) is 0. The smallest absolute Gasteiger partial charge is 0.407 e. The molecule has 0 unspecified atom stereocenters. The first-order valence-corrected chi connectivity index (χ1v) is 9.31. The lowest BCUT2D eigenvalue weighted by Crippen LogP contribution is -2.34. The zero-order valence-electron chi connectivity index (χ0n) is 16.8. The van der Waals surface area contributed by atoms with Gasteiger partial charge in [0.25, 0.3) is 0 Å². The van der Waals surface area contributed by atoms with Crippen LogP contribution in [-0.2, 0) is 28.4 Å². The number of amides is 1. The third-order valence-electron chi connectivity index (χ3n) is 2.75. The maximum atomic E-state index is 11.4. The van der Waals surface area contributed by atoms with Crippen molar-refractivity contribution in [2.45, 2.75) is 39.7 Å². The van der Waals surface area contributed by atoms with Crippen molar-refractivity contribution in [1.29, 1.82) is 0 Å². The lowest BCUT2D eigenvalue weighted by atomic mass is 10.2. The van der Waals surface area contributed by atoms with Crippen molar-refractivity contribution in [3.8, 4) is 0 Å². The van der Waals surface area contributed by atoms with Gasteiger partial charge in [0.05, 0.1) is 59.5 Å². The molecule has 0 aromatic rings. The first kappa shape index (κ1) is 25.1. The molecule has 0 aliphatic carbocycles. The predicted octanol–water partition coefficient (Wildman–Crippen LogP) is 2.00. The minimum atomic E-state index is -0.490. The van der Waals surface area contributed by atoms with E-state index in [-0.39, 0.29) is 0 Å². The zero-order chi connectivity index (χ0) is 19.5. The summed E-state index contributed by atoms with van der Waals surface area (Å²) in [6.45, 7) is 13.5. The average Bonchev–Trinajstić information content (AvgIpc) is 2.56. The Labute approximate surface area is 157 Å². The van der Waals surface area contributed by atoms with Crippen molar-refractivity contribution in [2.75, 3.05) is 72.6 Å². The minimum Gasteiger partial charge on any atom is -0.444 e. The number of ether oxygens (including phenoxy) is 6. The summed E-state index contributed by atoms with van der Waals surface area (Å²) in [6.07, 6.45) is 0.587. The second kappa shape index (κ2) is 17.5. The molecule has 0 atom stereocenters. The zero-order valence-corrected chi connectivity index (χ0v) is 16.8. The Morgan fingerprint density at radius 2 is 1.08 bits per heavy atom. The summed E-state index contributed by atoms with van der Waals surface area (Å²) in [6, 6.07) is 0. The molecule has 0 saturated carbocycles. The summed E-state index contributed by atoms with van der Waals surface area (Å²) >= 11 is 0. The van der Waals surface area contributed by atoms with E-state index < -0.39 is 11.7 Å². The van der Waals surface area contributed by atoms with Crippen LogP contribution in [0.2, 0.25) is 0 Å². The Morgan fingerprint density at radius 3 is 1.46 bits per heavy atom. The quantitative estimate of drug-likeness (QED) is 0.387. The third kappa shape index (κ3) is 21.1. The van der Waals surface area contributed by atoms with E-state index in [0.717, 1.165) is 13.0 Å². The first-order chi connectivity index (χ1) is 12.5. The molecule has 0 rings (SSSR count). The molecule has 0 radical (unpaired) electrons. The Balaban J connectivity index is 3.12. The summed E-state index contributed by atoms with van der Waals surface area (Å²) in [5.41, 5.74) is -0.490. The van der Waals surface area contributed by atoms with E-state index >= 15 is 0 Å². The lowest BCUT2D eigenvalue weighted by Gasteiger charge is -2.19. The highest BCUT2D eigenvalue weighted by atomic mass is 16.6. The molecule has 8 nitrogen and oxygen atoms in total. The van der Waals surface area contributed by atoms with E-state index in [1.807, 2.05) is 20.8 Å². The molecule has 0 bridgehead atoms. The highest BCUT2D eigenvalue weighted by Crippen LogP contribution is 2.05. The molecule has 0 aromatic heterocycles. The molecule has 0 aromatic carbocycles. The number of nitrogens with one attached hydrogen (secondary N) is 1. The van der Waals surface area contributed by atoms with Gasteiger partial charge < -0.3 is 33.7 Å². The molecule has 8 heteroatoms. The fraction of sp³-hybridized carbons (Fsp3) is 0.944. The predicted molar refractivity (Wildman–Crippen MR) is 98.6 cm³/mol. The molecule has 0 saturated heterocycles. The fourth-order valence-electron chi connectivity index (χ4n) is 1.67. The van der Waals surface area contributed by atoms with Crippen LogP contribution >= 0.6 is 0 Å². The molecule has 156 valence electrons. The molecular formula is C18H37NO7. The summed E-state index contributed by atoms with van der Waals surface area (Å²) in [4.78, 5) is 11.4. The van der Waals surface area contributed by atoms with Gasteiger partial charge in [-0.3, -0.25) is 0 Å². The standard InChI is InChI=1S/C18H37NO7/c1-5-7-21-9-11-23-13-15-25-16-14-24-12-10-22-8-6-19-17(20)26-18(2,3)4/h5-16H2,1-4H3,(H,19,20). The number of carbonyl (C=O) groups is 1. The van der Waals surface area contributed by atoms with Crippen LogP contribution in [0.5, 0.6) is 0 Å². The number of hydrogen-bond acceptors (Lipinski definition) is 7. The third-order valence-corrected chi connectivity index (χ3v) is 2.75. The van der Waals surface area contributed by atoms with Crippen LogP contribution in [0.1, 0.15) is 34.1 Å². The van der Waals surface area contributed by atoms with Gasteiger partial charge in [-0.1, -0.05) is 6.92 Å². The van der Waals surface area contributed by atoms with Gasteiger partial charge in [0.1, 0.15) is 5.60 Å². The van der Waals surface area contributed by atoms with Crippen molar-refractivity contribution in [1.82, 2.24) is 5.32 Å². The summed E-state index contributed by atoms with van der Waals surface area (Å²) in [5.74, 6) is 0. The largest absolute Gasteiger partial charge is 0.444 e. The van der Waals surface area contributed by atoms with Crippen LogP contribution in [0, 0.1) is 0 Å². The Kier molecular flexibility index (Phi) is 16.9. The van der Waals surface area contributed by atoms with E-state index in [1.165, 1.54) is 0 Å². The van der Waals surface area contributed by atoms with E-state index in [9.17, 15) is 4.79 Å².